The molecule has 1 atom stereocenters. The van der Waals surface area contributed by atoms with E-state index in [0.29, 0.717) is 12.5 Å². The molecule has 0 aliphatic carbocycles. The predicted molar refractivity (Wildman–Crippen MR) is 62.9 cm³/mol. The zero-order chi connectivity index (χ0) is 11.1. The lowest BCUT2D eigenvalue weighted by molar-refractivity contribution is 0.177. The summed E-state index contributed by atoms with van der Waals surface area (Å²) in [6.45, 7) is 4.44. The van der Waals surface area contributed by atoms with E-state index in [-0.39, 0.29) is 0 Å². The van der Waals surface area contributed by atoms with Crippen molar-refractivity contribution in [3.8, 4) is 0 Å². The SMILES string of the molecule is CCC(CO)CN(C)CCc1ccc[nH]1. The number of aromatic nitrogens is 1. The second-order valence-electron chi connectivity index (χ2n) is 4.16. The van der Waals surface area contributed by atoms with Gasteiger partial charge in [-0.15, -0.1) is 0 Å². The Morgan fingerprint density at radius 3 is 2.87 bits per heavy atom. The zero-order valence-corrected chi connectivity index (χ0v) is 9.74. The normalized spacial score (nSPS) is 13.3. The molecule has 0 spiro atoms. The van der Waals surface area contributed by atoms with Gasteiger partial charge < -0.3 is 15.0 Å². The molecule has 0 saturated carbocycles. The lowest BCUT2D eigenvalue weighted by Gasteiger charge is -2.21. The van der Waals surface area contributed by atoms with Crippen LogP contribution in [-0.4, -0.2) is 41.7 Å². The summed E-state index contributed by atoms with van der Waals surface area (Å²) in [7, 11) is 2.11. The Labute approximate surface area is 92.1 Å². The number of hydrogen-bond acceptors (Lipinski definition) is 2. The first-order valence-corrected chi connectivity index (χ1v) is 5.68. The van der Waals surface area contributed by atoms with Gasteiger partial charge in [0.15, 0.2) is 0 Å². The summed E-state index contributed by atoms with van der Waals surface area (Å²) >= 11 is 0. The standard InChI is InChI=1S/C12H22N2O/c1-3-11(10-15)9-14(2)8-6-12-5-4-7-13-12/h4-5,7,11,13,15H,3,6,8-10H2,1-2H3. The smallest absolute Gasteiger partial charge is 0.0471 e. The highest BCUT2D eigenvalue weighted by Crippen LogP contribution is 2.04. The molecule has 1 unspecified atom stereocenters. The molecule has 3 heteroatoms. The van der Waals surface area contributed by atoms with E-state index < -0.39 is 0 Å². The fourth-order valence-electron chi connectivity index (χ4n) is 1.68. The van der Waals surface area contributed by atoms with Crippen molar-refractivity contribution in [2.24, 2.45) is 5.92 Å². The molecule has 0 fully saturated rings. The van der Waals surface area contributed by atoms with Crippen LogP contribution in [0.25, 0.3) is 0 Å². The number of aromatic amines is 1. The van der Waals surface area contributed by atoms with Gasteiger partial charge in [0.1, 0.15) is 0 Å². The number of nitrogens with zero attached hydrogens (tertiary/aromatic N) is 1. The first kappa shape index (κ1) is 12.3. The monoisotopic (exact) mass is 210 g/mol. The first-order valence-electron chi connectivity index (χ1n) is 5.68. The Balaban J connectivity index is 2.21. The molecule has 0 aliphatic rings. The Bertz CT molecular complexity index is 242. The molecule has 3 nitrogen and oxygen atoms in total. The van der Waals surface area contributed by atoms with Gasteiger partial charge in [-0.1, -0.05) is 6.92 Å². The molecular formula is C12H22N2O. The second-order valence-corrected chi connectivity index (χ2v) is 4.16. The summed E-state index contributed by atoms with van der Waals surface area (Å²) < 4.78 is 0. The van der Waals surface area contributed by atoms with Crippen LogP contribution in [0.3, 0.4) is 0 Å². The first-order chi connectivity index (χ1) is 7.26. The number of nitrogens with one attached hydrogen (secondary N) is 1. The van der Waals surface area contributed by atoms with Crippen molar-refractivity contribution in [2.75, 3.05) is 26.7 Å². The van der Waals surface area contributed by atoms with Crippen molar-refractivity contribution in [1.82, 2.24) is 9.88 Å². The molecule has 0 aromatic carbocycles. The number of H-pyrrole nitrogens is 1. The van der Waals surface area contributed by atoms with E-state index in [1.807, 2.05) is 12.3 Å². The van der Waals surface area contributed by atoms with Crippen LogP contribution in [0.1, 0.15) is 19.0 Å². The van der Waals surface area contributed by atoms with E-state index in [1.54, 1.807) is 0 Å². The highest BCUT2D eigenvalue weighted by molar-refractivity contribution is 5.03. The molecule has 0 radical (unpaired) electrons. The largest absolute Gasteiger partial charge is 0.396 e. The van der Waals surface area contributed by atoms with Gasteiger partial charge in [-0.05, 0) is 31.5 Å². The van der Waals surface area contributed by atoms with Gasteiger partial charge in [-0.2, -0.15) is 0 Å². The predicted octanol–water partition coefficient (Wildman–Crippen LogP) is 1.51. The Hall–Kier alpha value is -0.800. The van der Waals surface area contributed by atoms with Gasteiger partial charge in [0.25, 0.3) is 0 Å². The molecule has 1 rings (SSSR count). The van der Waals surface area contributed by atoms with Crippen LogP contribution in [0.2, 0.25) is 0 Å². The molecule has 0 bridgehead atoms. The summed E-state index contributed by atoms with van der Waals surface area (Å²) in [5.41, 5.74) is 1.28. The van der Waals surface area contributed by atoms with E-state index in [9.17, 15) is 0 Å². The van der Waals surface area contributed by atoms with Crippen molar-refractivity contribution < 1.29 is 5.11 Å². The van der Waals surface area contributed by atoms with Crippen LogP contribution in [0.4, 0.5) is 0 Å². The van der Waals surface area contributed by atoms with Gasteiger partial charge in [-0.3, -0.25) is 0 Å². The molecular weight excluding hydrogens is 188 g/mol. The highest BCUT2D eigenvalue weighted by atomic mass is 16.3. The third-order valence-electron chi connectivity index (χ3n) is 2.83. The Morgan fingerprint density at radius 2 is 2.33 bits per heavy atom. The molecule has 0 saturated heterocycles. The van der Waals surface area contributed by atoms with Crippen molar-refractivity contribution in [3.63, 3.8) is 0 Å². The third kappa shape index (κ3) is 4.49. The average Bonchev–Trinajstić information content (AvgIpc) is 2.75. The maximum Gasteiger partial charge on any atom is 0.0471 e. The maximum absolute atomic E-state index is 9.09. The number of likely N-dealkylation sites (N-methyl/N-ethyl adjacent to an activating group) is 1. The summed E-state index contributed by atoms with van der Waals surface area (Å²) in [4.78, 5) is 5.48. The second kappa shape index (κ2) is 6.64. The molecule has 0 amide bonds. The van der Waals surface area contributed by atoms with Crippen LogP contribution in [0.15, 0.2) is 18.3 Å². The van der Waals surface area contributed by atoms with E-state index in [2.05, 4.69) is 29.9 Å². The average molecular weight is 210 g/mol. The molecule has 1 aromatic heterocycles. The minimum absolute atomic E-state index is 0.295. The minimum atomic E-state index is 0.295. The number of aliphatic hydroxyl groups is 1. The fraction of sp³-hybridized carbons (Fsp3) is 0.667. The van der Waals surface area contributed by atoms with Crippen molar-refractivity contribution in [3.05, 3.63) is 24.0 Å². The minimum Gasteiger partial charge on any atom is -0.396 e. The van der Waals surface area contributed by atoms with Crippen molar-refractivity contribution in [1.29, 1.82) is 0 Å². The van der Waals surface area contributed by atoms with Crippen LogP contribution >= 0.6 is 0 Å². The highest BCUT2D eigenvalue weighted by Gasteiger charge is 2.08. The van der Waals surface area contributed by atoms with Crippen LogP contribution in [0.5, 0.6) is 0 Å². The van der Waals surface area contributed by atoms with Crippen LogP contribution < -0.4 is 0 Å². The molecule has 1 heterocycles. The molecule has 2 N–H and O–H groups in total. The lowest BCUT2D eigenvalue weighted by Crippen LogP contribution is -2.29. The van der Waals surface area contributed by atoms with Crippen LogP contribution in [0, 0.1) is 5.92 Å². The lowest BCUT2D eigenvalue weighted by atomic mass is 10.1. The summed E-state index contributed by atoms with van der Waals surface area (Å²) in [6, 6.07) is 4.13. The zero-order valence-electron chi connectivity index (χ0n) is 9.74. The van der Waals surface area contributed by atoms with Crippen molar-refractivity contribution >= 4 is 0 Å². The van der Waals surface area contributed by atoms with E-state index in [4.69, 9.17) is 5.11 Å². The van der Waals surface area contributed by atoms with Crippen LogP contribution in [-0.2, 0) is 6.42 Å². The van der Waals surface area contributed by atoms with Gasteiger partial charge in [0, 0.05) is 38.0 Å². The summed E-state index contributed by atoms with van der Waals surface area (Å²) in [5, 5.41) is 9.09. The maximum atomic E-state index is 9.09. The third-order valence-corrected chi connectivity index (χ3v) is 2.83. The van der Waals surface area contributed by atoms with Gasteiger partial charge in [0.05, 0.1) is 0 Å². The summed E-state index contributed by atoms with van der Waals surface area (Å²) in [6.07, 6.45) is 4.05. The van der Waals surface area contributed by atoms with E-state index in [0.717, 1.165) is 25.9 Å². The van der Waals surface area contributed by atoms with Crippen molar-refractivity contribution in [2.45, 2.75) is 19.8 Å². The van der Waals surface area contributed by atoms with E-state index in [1.165, 1.54) is 5.69 Å². The number of aliphatic hydroxyl groups excluding tert-OH is 1. The summed E-state index contributed by atoms with van der Waals surface area (Å²) in [5.74, 6) is 0.415. The van der Waals surface area contributed by atoms with Gasteiger partial charge >= 0.3 is 0 Å². The fourth-order valence-corrected chi connectivity index (χ4v) is 1.68. The Morgan fingerprint density at radius 1 is 1.53 bits per heavy atom. The van der Waals surface area contributed by atoms with E-state index >= 15 is 0 Å². The molecule has 0 aliphatic heterocycles. The topological polar surface area (TPSA) is 39.3 Å². The molecule has 86 valence electrons. The number of hydrogen-bond donors (Lipinski definition) is 2. The van der Waals surface area contributed by atoms with Gasteiger partial charge in [-0.25, -0.2) is 0 Å². The van der Waals surface area contributed by atoms with Gasteiger partial charge in [0.2, 0.25) is 0 Å². The molecule has 1 aromatic rings. The quantitative estimate of drug-likeness (QED) is 0.716. The molecule has 15 heavy (non-hydrogen) atoms. The Kier molecular flexibility index (Phi) is 5.43. The number of rotatable bonds is 7.